The lowest BCUT2D eigenvalue weighted by atomic mass is 9.98. The van der Waals surface area contributed by atoms with Gasteiger partial charge in [0.2, 0.25) is 5.88 Å². The van der Waals surface area contributed by atoms with Crippen molar-refractivity contribution in [3.05, 3.63) is 47.0 Å². The van der Waals surface area contributed by atoms with Gasteiger partial charge >= 0.3 is 21.7 Å². The van der Waals surface area contributed by atoms with Crippen LogP contribution in [0.25, 0.3) is 32.6 Å². The SMILES string of the molecule is C[C@@H]1c2cc(-c3nc(OS(=O)(=O)C(F)(F)F)c4ccsc4c3-c3c(F)cc(F)cc3OCC[Si](C)(C)C(C)(C)C)nn2CCN1C(=O)OC(C)(C)C. The quantitative estimate of drug-likeness (QED) is 0.0751. The number of fused-ring (bicyclic) bond motifs is 2. The van der Waals surface area contributed by atoms with Crippen LogP contribution < -0.4 is 8.92 Å². The standard InChI is InChI=1S/C34H41F5N4O6S2Si/c1-19-24-18-23(41-43(24)12-11-42(19)31(44)48-32(2,3)4)28-27(29-21(10-14-50-29)30(40-28)49-51(45,46)34(37,38)39)26-22(36)16-20(35)17-25(26)47-13-15-52(8,9)33(5,6)7/h10,14,16-19H,11-13,15H2,1-9H3/t19-/m1/s1. The van der Waals surface area contributed by atoms with E-state index in [0.717, 1.165) is 17.4 Å². The maximum absolute atomic E-state index is 16.2. The summed E-state index contributed by atoms with van der Waals surface area (Å²) in [4.78, 5) is 18.8. The molecule has 0 N–H and O–H groups in total. The first-order valence-corrected chi connectivity index (χ1v) is 21.9. The van der Waals surface area contributed by atoms with Gasteiger partial charge in [-0.25, -0.2) is 18.6 Å². The molecule has 1 aromatic carbocycles. The lowest BCUT2D eigenvalue weighted by Gasteiger charge is -2.37. The van der Waals surface area contributed by atoms with Gasteiger partial charge in [-0.05, 0) is 56.3 Å². The first-order valence-electron chi connectivity index (χ1n) is 16.4. The third kappa shape index (κ3) is 7.78. The lowest BCUT2D eigenvalue weighted by Crippen LogP contribution is -2.43. The Morgan fingerprint density at radius 2 is 1.71 bits per heavy atom. The van der Waals surface area contributed by atoms with E-state index in [1.54, 1.807) is 32.4 Å². The lowest BCUT2D eigenvalue weighted by molar-refractivity contribution is -0.0500. The summed E-state index contributed by atoms with van der Waals surface area (Å²) in [5.41, 5.74) is -6.57. The summed E-state index contributed by atoms with van der Waals surface area (Å²) >= 11 is 0.954. The Hall–Kier alpha value is -3.77. The van der Waals surface area contributed by atoms with Crippen LogP contribution in [0.3, 0.4) is 0 Å². The highest BCUT2D eigenvalue weighted by Crippen LogP contribution is 2.48. The van der Waals surface area contributed by atoms with E-state index in [1.165, 1.54) is 22.4 Å². The Morgan fingerprint density at radius 1 is 1.04 bits per heavy atom. The second-order valence-corrected chi connectivity index (χ2v) is 23.5. The molecule has 1 amide bonds. The Bertz CT molecular complexity index is 2120. The molecule has 0 unspecified atom stereocenters. The zero-order valence-corrected chi connectivity index (χ0v) is 32.9. The first kappa shape index (κ1) is 39.4. The molecule has 0 radical (unpaired) electrons. The fourth-order valence-electron chi connectivity index (χ4n) is 5.51. The number of ether oxygens (including phenoxy) is 2. The predicted octanol–water partition coefficient (Wildman–Crippen LogP) is 9.53. The molecule has 4 heterocycles. The van der Waals surface area contributed by atoms with Gasteiger partial charge in [-0.15, -0.1) is 11.3 Å². The fourth-order valence-corrected chi connectivity index (χ4v) is 8.24. The van der Waals surface area contributed by atoms with E-state index in [-0.39, 0.29) is 63.1 Å². The highest BCUT2D eigenvalue weighted by atomic mass is 32.2. The van der Waals surface area contributed by atoms with Crippen molar-refractivity contribution >= 4 is 45.7 Å². The number of hydrogen-bond donors (Lipinski definition) is 0. The second kappa shape index (κ2) is 13.6. The molecule has 0 bridgehead atoms. The normalized spacial score (nSPS) is 15.9. The fraction of sp³-hybridized carbons (Fsp3) is 0.500. The van der Waals surface area contributed by atoms with Crippen molar-refractivity contribution < 1.29 is 48.8 Å². The number of carbonyl (C=O) groups is 1. The van der Waals surface area contributed by atoms with Crippen LogP contribution in [0, 0.1) is 11.6 Å². The molecule has 284 valence electrons. The molecule has 1 aliphatic heterocycles. The minimum absolute atomic E-state index is 0.00314. The number of carbonyl (C=O) groups excluding carboxylic acids is 1. The minimum atomic E-state index is -6.19. The van der Waals surface area contributed by atoms with E-state index in [0.29, 0.717) is 17.8 Å². The molecular weight excluding hydrogens is 748 g/mol. The van der Waals surface area contributed by atoms with Crippen LogP contribution in [0.1, 0.15) is 60.2 Å². The van der Waals surface area contributed by atoms with E-state index in [1.807, 2.05) is 0 Å². The van der Waals surface area contributed by atoms with Gasteiger partial charge in [0.05, 0.1) is 48.6 Å². The van der Waals surface area contributed by atoms with E-state index in [9.17, 15) is 30.8 Å². The van der Waals surface area contributed by atoms with Crippen LogP contribution in [-0.2, 0) is 21.4 Å². The Kier molecular flexibility index (Phi) is 10.3. The third-order valence-electron chi connectivity index (χ3n) is 9.46. The molecule has 52 heavy (non-hydrogen) atoms. The van der Waals surface area contributed by atoms with Gasteiger partial charge in [-0.2, -0.15) is 26.7 Å². The molecule has 1 atom stereocenters. The first-order chi connectivity index (χ1) is 23.8. The van der Waals surface area contributed by atoms with Crippen LogP contribution >= 0.6 is 11.3 Å². The molecule has 0 saturated carbocycles. The average Bonchev–Trinajstić information content (AvgIpc) is 3.64. The molecule has 4 aromatic rings. The number of rotatable bonds is 8. The highest BCUT2D eigenvalue weighted by Gasteiger charge is 2.49. The van der Waals surface area contributed by atoms with Gasteiger partial charge in [0, 0.05) is 24.2 Å². The molecular formula is C34H41F5N4O6S2Si. The van der Waals surface area contributed by atoms with Crippen molar-refractivity contribution in [3.63, 3.8) is 0 Å². The number of halogens is 5. The van der Waals surface area contributed by atoms with E-state index < -0.39 is 59.0 Å². The van der Waals surface area contributed by atoms with Gasteiger partial charge in [-0.1, -0.05) is 33.9 Å². The molecule has 10 nitrogen and oxygen atoms in total. The number of alkyl halides is 3. The predicted molar refractivity (Wildman–Crippen MR) is 191 cm³/mol. The summed E-state index contributed by atoms with van der Waals surface area (Å²) in [5.74, 6) is -3.07. The summed E-state index contributed by atoms with van der Waals surface area (Å²) in [7, 11) is -8.09. The summed E-state index contributed by atoms with van der Waals surface area (Å²) < 4.78 is 114. The third-order valence-corrected chi connectivity index (χ3v) is 16.8. The molecule has 1 aliphatic rings. The maximum Gasteiger partial charge on any atom is 0.534 e. The smallest absolute Gasteiger partial charge is 0.493 e. The zero-order chi connectivity index (χ0) is 38.8. The van der Waals surface area contributed by atoms with E-state index >= 15 is 4.39 Å². The van der Waals surface area contributed by atoms with E-state index in [4.69, 9.17) is 9.47 Å². The number of amides is 1. The van der Waals surface area contributed by atoms with Gasteiger partial charge in [0.15, 0.2) is 0 Å². The molecule has 0 aliphatic carbocycles. The molecule has 0 fully saturated rings. The summed E-state index contributed by atoms with van der Waals surface area (Å²) in [6.45, 7) is 18.2. The summed E-state index contributed by atoms with van der Waals surface area (Å²) in [6.07, 6.45) is -0.575. The van der Waals surface area contributed by atoms with Crippen LogP contribution in [0.4, 0.5) is 26.7 Å². The van der Waals surface area contributed by atoms with Gasteiger partial charge < -0.3 is 13.7 Å². The topological polar surface area (TPSA) is 113 Å². The zero-order valence-electron chi connectivity index (χ0n) is 30.2. The van der Waals surface area contributed by atoms with Crippen LogP contribution in [-0.4, -0.2) is 66.5 Å². The van der Waals surface area contributed by atoms with Crippen molar-refractivity contribution in [2.45, 2.75) is 96.3 Å². The molecule has 18 heteroatoms. The number of aromatic nitrogens is 3. The largest absolute Gasteiger partial charge is 0.534 e. The summed E-state index contributed by atoms with van der Waals surface area (Å²) in [6, 6.07) is 4.52. The number of pyridine rings is 1. The summed E-state index contributed by atoms with van der Waals surface area (Å²) in [5, 5.41) is 5.90. The average molecular weight is 789 g/mol. The number of hydrogen-bond acceptors (Lipinski definition) is 9. The van der Waals surface area contributed by atoms with Crippen molar-refractivity contribution in [3.8, 4) is 34.1 Å². The van der Waals surface area contributed by atoms with Crippen LogP contribution in [0.2, 0.25) is 24.2 Å². The van der Waals surface area contributed by atoms with Crippen molar-refractivity contribution in [1.29, 1.82) is 0 Å². The number of thiophene rings is 1. The van der Waals surface area contributed by atoms with Gasteiger partial charge in [0.1, 0.15) is 34.4 Å². The molecule has 3 aromatic heterocycles. The van der Waals surface area contributed by atoms with Crippen molar-refractivity contribution in [2.75, 3.05) is 13.2 Å². The number of nitrogens with zero attached hydrogens (tertiary/aromatic N) is 4. The van der Waals surface area contributed by atoms with Crippen molar-refractivity contribution in [2.24, 2.45) is 0 Å². The monoisotopic (exact) mass is 788 g/mol. The van der Waals surface area contributed by atoms with Crippen molar-refractivity contribution in [1.82, 2.24) is 19.7 Å². The molecule has 0 saturated heterocycles. The maximum atomic E-state index is 16.2. The van der Waals surface area contributed by atoms with Crippen LogP contribution in [0.15, 0.2) is 29.6 Å². The second-order valence-electron chi connectivity index (χ2n) is 15.3. The van der Waals surface area contributed by atoms with Gasteiger partial charge in [0.25, 0.3) is 0 Å². The number of benzene rings is 1. The Labute approximate surface area is 304 Å². The van der Waals surface area contributed by atoms with E-state index in [2.05, 4.69) is 48.1 Å². The Balaban J connectivity index is 1.72. The highest BCUT2D eigenvalue weighted by molar-refractivity contribution is 7.88. The van der Waals surface area contributed by atoms with Gasteiger partial charge in [-0.3, -0.25) is 9.58 Å². The minimum Gasteiger partial charge on any atom is -0.493 e. The molecule has 5 rings (SSSR count). The van der Waals surface area contributed by atoms with Crippen LogP contribution in [0.5, 0.6) is 11.6 Å². The molecule has 0 spiro atoms. The Morgan fingerprint density at radius 3 is 2.33 bits per heavy atom.